The van der Waals surface area contributed by atoms with Crippen LogP contribution in [0, 0.1) is 0 Å². The Kier molecular flexibility index (Phi) is 7.05. The SMILES string of the molecule is CCCCOC(CC)[SiH]1CCO[SiH2][SiH2]1. The monoisotopic (exact) mass is 248 g/mol. The van der Waals surface area contributed by atoms with Gasteiger partial charge in [0.1, 0.15) is 9.28 Å². The van der Waals surface area contributed by atoms with Gasteiger partial charge in [-0.25, -0.2) is 0 Å². The van der Waals surface area contributed by atoms with Crippen LogP contribution in [0.25, 0.3) is 0 Å². The molecule has 1 saturated heterocycles. The molecule has 1 aliphatic heterocycles. The lowest BCUT2D eigenvalue weighted by Crippen LogP contribution is -2.46. The molecule has 0 saturated carbocycles. The van der Waals surface area contributed by atoms with Gasteiger partial charge in [-0.15, -0.1) is 0 Å². The molecule has 0 spiro atoms. The van der Waals surface area contributed by atoms with Crippen LogP contribution in [0.2, 0.25) is 6.04 Å². The van der Waals surface area contributed by atoms with Crippen molar-refractivity contribution in [2.75, 3.05) is 13.2 Å². The summed E-state index contributed by atoms with van der Waals surface area (Å²) in [6.45, 7) is 6.63. The summed E-state index contributed by atoms with van der Waals surface area (Å²) in [6, 6.07) is 1.42. The molecular weight excluding hydrogens is 224 g/mol. The van der Waals surface area contributed by atoms with Crippen LogP contribution in [0.15, 0.2) is 0 Å². The molecule has 14 heavy (non-hydrogen) atoms. The number of hydrogen-bond donors (Lipinski definition) is 0. The van der Waals surface area contributed by atoms with Gasteiger partial charge in [0.2, 0.25) is 0 Å². The highest BCUT2D eigenvalue weighted by Gasteiger charge is 2.25. The Morgan fingerprint density at radius 3 is 2.93 bits per heavy atom. The topological polar surface area (TPSA) is 18.5 Å². The molecule has 0 aliphatic carbocycles. The van der Waals surface area contributed by atoms with Gasteiger partial charge in [-0.3, -0.25) is 0 Å². The van der Waals surface area contributed by atoms with Crippen LogP contribution in [0.4, 0.5) is 0 Å². The van der Waals surface area contributed by atoms with Gasteiger partial charge in [0.15, 0.2) is 0 Å². The number of hydrogen-bond acceptors (Lipinski definition) is 2. The van der Waals surface area contributed by atoms with Gasteiger partial charge in [-0.1, -0.05) is 20.3 Å². The van der Waals surface area contributed by atoms with Crippen molar-refractivity contribution in [3.8, 4) is 0 Å². The van der Waals surface area contributed by atoms with Crippen molar-refractivity contribution in [3.05, 3.63) is 0 Å². The Morgan fingerprint density at radius 1 is 1.50 bits per heavy atom. The van der Waals surface area contributed by atoms with Gasteiger partial charge in [0.25, 0.3) is 0 Å². The zero-order chi connectivity index (χ0) is 10.2. The average molecular weight is 249 g/mol. The smallest absolute Gasteiger partial charge is 0.140 e. The normalized spacial score (nSPS) is 28.3. The predicted molar refractivity (Wildman–Crippen MR) is 69.9 cm³/mol. The summed E-state index contributed by atoms with van der Waals surface area (Å²) in [7, 11) is -0.169. The Labute approximate surface area is 93.7 Å². The fourth-order valence-electron chi connectivity index (χ4n) is 2.05. The Morgan fingerprint density at radius 2 is 2.36 bits per heavy atom. The summed E-state index contributed by atoms with van der Waals surface area (Å²) in [5, 5.41) is 0. The van der Waals surface area contributed by atoms with Crippen LogP contribution in [-0.2, 0) is 9.16 Å². The van der Waals surface area contributed by atoms with E-state index in [0.717, 1.165) is 13.2 Å². The molecule has 2 unspecified atom stereocenters. The molecule has 1 rings (SSSR count). The van der Waals surface area contributed by atoms with Gasteiger partial charge < -0.3 is 9.16 Å². The average Bonchev–Trinajstić information content (AvgIpc) is 2.26. The second-order valence-electron chi connectivity index (χ2n) is 4.12. The van der Waals surface area contributed by atoms with Crippen molar-refractivity contribution in [1.29, 1.82) is 0 Å². The first-order valence-electron chi connectivity index (χ1n) is 6.07. The molecule has 0 aromatic heterocycles. The molecule has 1 fully saturated rings. The quantitative estimate of drug-likeness (QED) is 0.488. The van der Waals surface area contributed by atoms with Gasteiger partial charge >= 0.3 is 0 Å². The highest BCUT2D eigenvalue weighted by Crippen LogP contribution is 2.10. The van der Waals surface area contributed by atoms with Gasteiger partial charge in [0, 0.05) is 27.5 Å². The standard InChI is InChI=1S/C9H24O2Si3/c1-3-5-6-10-9(4-2)14-8-7-11-12-13-14/h9,14H,3-8,12-13H2,1-2H3. The van der Waals surface area contributed by atoms with Crippen LogP contribution in [0.5, 0.6) is 0 Å². The van der Waals surface area contributed by atoms with Crippen molar-refractivity contribution >= 4 is 26.1 Å². The van der Waals surface area contributed by atoms with E-state index in [4.69, 9.17) is 9.16 Å². The lowest BCUT2D eigenvalue weighted by atomic mass is 10.4. The van der Waals surface area contributed by atoms with E-state index in [-0.39, 0.29) is 17.8 Å². The third kappa shape index (κ3) is 4.39. The minimum absolute atomic E-state index is 0.00107. The molecule has 84 valence electrons. The Bertz CT molecular complexity index is 140. The van der Waals surface area contributed by atoms with Crippen LogP contribution in [0.3, 0.4) is 0 Å². The lowest BCUT2D eigenvalue weighted by molar-refractivity contribution is 0.0977. The maximum atomic E-state index is 6.03. The maximum Gasteiger partial charge on any atom is 0.140 e. The molecular formula is C9H24O2Si3. The van der Waals surface area contributed by atoms with E-state index >= 15 is 0 Å². The fraction of sp³-hybridized carbons (Fsp3) is 1.00. The summed E-state index contributed by atoms with van der Waals surface area (Å²) in [4.78, 5) is 0. The molecule has 2 nitrogen and oxygen atoms in total. The van der Waals surface area contributed by atoms with Crippen molar-refractivity contribution < 1.29 is 9.16 Å². The number of rotatable bonds is 6. The van der Waals surface area contributed by atoms with E-state index in [2.05, 4.69) is 13.8 Å². The maximum absolute atomic E-state index is 6.03. The van der Waals surface area contributed by atoms with Gasteiger partial charge in [-0.2, -0.15) is 0 Å². The summed E-state index contributed by atoms with van der Waals surface area (Å²) >= 11 is 0. The lowest BCUT2D eigenvalue weighted by Gasteiger charge is -2.28. The third-order valence-electron chi connectivity index (χ3n) is 3.02. The molecule has 0 amide bonds. The first-order valence-corrected chi connectivity index (χ1v) is 15.4. The second-order valence-corrected chi connectivity index (χ2v) is 19.7. The number of unbranched alkanes of at least 4 members (excludes halogenated alkanes) is 1. The van der Waals surface area contributed by atoms with Crippen molar-refractivity contribution in [1.82, 2.24) is 0 Å². The van der Waals surface area contributed by atoms with E-state index in [0.29, 0.717) is 5.73 Å². The summed E-state index contributed by atoms with van der Waals surface area (Å²) in [5.41, 5.74) is 0.713. The van der Waals surface area contributed by atoms with Crippen LogP contribution in [-0.4, -0.2) is 45.1 Å². The Hall–Kier alpha value is 0.571. The molecule has 0 bridgehead atoms. The minimum atomic E-state index is -0.430. The second kappa shape index (κ2) is 7.81. The van der Waals surface area contributed by atoms with E-state index in [1.54, 1.807) is 0 Å². The van der Waals surface area contributed by atoms with Crippen LogP contribution >= 0.6 is 0 Å². The third-order valence-corrected chi connectivity index (χ3v) is 22.7. The van der Waals surface area contributed by atoms with E-state index in [1.165, 1.54) is 25.3 Å². The fourth-order valence-corrected chi connectivity index (χ4v) is 21.9. The molecule has 0 radical (unpaired) electrons. The summed E-state index contributed by atoms with van der Waals surface area (Å²) in [6.07, 6.45) is 3.77. The molecule has 2 atom stereocenters. The first-order chi connectivity index (χ1) is 6.88. The molecule has 0 aromatic carbocycles. The predicted octanol–water partition coefficient (Wildman–Crippen LogP) is 0.0425. The zero-order valence-electron chi connectivity index (χ0n) is 9.63. The van der Waals surface area contributed by atoms with Crippen LogP contribution < -0.4 is 0 Å². The summed E-state index contributed by atoms with van der Waals surface area (Å²) in [5.74, 6) is 0. The highest BCUT2D eigenvalue weighted by atomic mass is 29.5. The number of ether oxygens (including phenoxy) is 1. The first kappa shape index (κ1) is 12.6. The van der Waals surface area contributed by atoms with Crippen molar-refractivity contribution in [2.45, 2.75) is 44.9 Å². The summed E-state index contributed by atoms with van der Waals surface area (Å²) < 4.78 is 11.6. The van der Waals surface area contributed by atoms with E-state index in [1.807, 2.05) is 0 Å². The zero-order valence-corrected chi connectivity index (χ0v) is 13.6. The highest BCUT2D eigenvalue weighted by molar-refractivity contribution is 7.35. The molecule has 1 heterocycles. The van der Waals surface area contributed by atoms with Crippen molar-refractivity contribution in [3.63, 3.8) is 0 Å². The van der Waals surface area contributed by atoms with Gasteiger partial charge in [0.05, 0.1) is 8.31 Å². The minimum Gasteiger partial charge on any atom is -0.428 e. The van der Waals surface area contributed by atoms with Gasteiger partial charge in [-0.05, 0) is 18.9 Å². The Balaban J connectivity index is 2.21. The van der Waals surface area contributed by atoms with E-state index in [9.17, 15) is 0 Å². The largest absolute Gasteiger partial charge is 0.428 e. The molecule has 0 aromatic rings. The van der Waals surface area contributed by atoms with E-state index < -0.39 is 8.31 Å². The van der Waals surface area contributed by atoms with Crippen molar-refractivity contribution in [2.24, 2.45) is 0 Å². The van der Waals surface area contributed by atoms with Crippen LogP contribution in [0.1, 0.15) is 33.1 Å². The molecule has 5 heteroatoms. The molecule has 0 N–H and O–H groups in total. The molecule has 1 aliphatic rings.